The van der Waals surface area contributed by atoms with Crippen LogP contribution >= 0.6 is 0 Å². The third-order valence-corrected chi connectivity index (χ3v) is 13.3. The molecule has 2 aliphatic carbocycles. The van der Waals surface area contributed by atoms with Gasteiger partial charge >= 0.3 is 0 Å². The molecule has 398 valence electrons. The van der Waals surface area contributed by atoms with Crippen molar-refractivity contribution < 1.29 is 65.2 Å². The van der Waals surface area contributed by atoms with Crippen molar-refractivity contribution in [1.29, 1.82) is 0 Å². The fraction of sp³-hybridized carbons (Fsp3) is 0.519. The van der Waals surface area contributed by atoms with E-state index < -0.39 is 72.0 Å². The number of carbonyl (C=O) groups excluding carboxylic acids is 4. The lowest BCUT2D eigenvalue weighted by atomic mass is 10.0. The van der Waals surface area contributed by atoms with Gasteiger partial charge < -0.3 is 48.9 Å². The summed E-state index contributed by atoms with van der Waals surface area (Å²) in [4.78, 5) is 64.2. The molecule has 0 radical (unpaired) electrons. The van der Waals surface area contributed by atoms with E-state index in [-0.39, 0.29) is 104 Å². The Balaban J connectivity index is 0.639. The molecule has 2 N–H and O–H groups in total. The van der Waals surface area contributed by atoms with E-state index in [1.807, 2.05) is 12.1 Å². The summed E-state index contributed by atoms with van der Waals surface area (Å²) < 4.78 is 92.4. The molecule has 4 amide bonds. The molecule has 4 aliphatic rings. The molecule has 2 saturated heterocycles. The fourth-order valence-corrected chi connectivity index (χ4v) is 9.16. The summed E-state index contributed by atoms with van der Waals surface area (Å²) in [5, 5.41) is 5.78. The van der Waals surface area contributed by atoms with Gasteiger partial charge in [0.25, 0.3) is 0 Å². The number of aromatic nitrogens is 2. The van der Waals surface area contributed by atoms with Crippen LogP contribution < -0.4 is 10.6 Å². The number of nitrogens with zero attached hydrogens (tertiary/aromatic N) is 4. The van der Waals surface area contributed by atoms with Crippen LogP contribution in [0.5, 0.6) is 0 Å². The number of alkyl halides is 2. The Morgan fingerprint density at radius 2 is 0.838 bits per heavy atom. The molecule has 4 fully saturated rings. The van der Waals surface area contributed by atoms with Crippen LogP contribution in [0.15, 0.2) is 84.9 Å². The number of hydrogen-bond acceptors (Lipinski definition) is 12. The lowest BCUT2D eigenvalue weighted by Gasteiger charge is -2.26. The third-order valence-electron chi connectivity index (χ3n) is 13.3. The molecule has 6 atom stereocenters. The predicted octanol–water partition coefficient (Wildman–Crippen LogP) is 5.60. The molecule has 0 spiro atoms. The zero-order chi connectivity index (χ0) is 51.8. The molecular formula is C54H64F4N6O10. The zero-order valence-electron chi connectivity index (χ0n) is 41.2. The van der Waals surface area contributed by atoms with Gasteiger partial charge in [0.1, 0.15) is 37.6 Å². The molecule has 74 heavy (non-hydrogen) atoms. The first kappa shape index (κ1) is 54.4. The number of rotatable bonds is 29. The number of ether oxygens (including phenoxy) is 6. The van der Waals surface area contributed by atoms with Crippen molar-refractivity contribution in [2.75, 3.05) is 92.4 Å². The van der Waals surface area contributed by atoms with E-state index in [0.29, 0.717) is 46.9 Å². The number of amides is 4. The maximum Gasteiger partial charge on any atom is 0.249 e. The van der Waals surface area contributed by atoms with Crippen LogP contribution in [-0.2, 0) is 47.6 Å². The molecule has 4 heterocycles. The topological polar surface area (TPSA) is 180 Å². The molecular weight excluding hydrogens is 969 g/mol. The first-order valence-electron chi connectivity index (χ1n) is 25.4. The van der Waals surface area contributed by atoms with Gasteiger partial charge in [-0.3, -0.25) is 19.2 Å². The van der Waals surface area contributed by atoms with Gasteiger partial charge in [0, 0.05) is 24.0 Å². The van der Waals surface area contributed by atoms with Crippen LogP contribution in [-0.4, -0.2) is 160 Å². The van der Waals surface area contributed by atoms with E-state index >= 15 is 0 Å². The Morgan fingerprint density at radius 3 is 1.16 bits per heavy atom. The van der Waals surface area contributed by atoms with E-state index in [2.05, 4.69) is 20.6 Å². The number of likely N-dealkylation sites (tertiary alicyclic amines) is 2. The minimum atomic E-state index is -1.40. The average molecular weight is 1030 g/mol. The molecule has 2 aromatic carbocycles. The normalized spacial score (nSPS) is 20.4. The first-order valence-corrected chi connectivity index (χ1v) is 25.4. The van der Waals surface area contributed by atoms with Crippen molar-refractivity contribution in [3.05, 3.63) is 130 Å². The van der Waals surface area contributed by atoms with Crippen LogP contribution in [0.3, 0.4) is 0 Å². The second-order valence-corrected chi connectivity index (χ2v) is 18.8. The van der Waals surface area contributed by atoms with Gasteiger partial charge in [-0.1, -0.05) is 72.8 Å². The highest BCUT2D eigenvalue weighted by atomic mass is 19.1. The highest BCUT2D eigenvalue weighted by molar-refractivity contribution is 5.90. The Kier molecular flexibility index (Phi) is 19.9. The Bertz CT molecular complexity index is 2310. The van der Waals surface area contributed by atoms with Gasteiger partial charge in [-0.25, -0.2) is 18.7 Å². The minimum Gasteiger partial charge on any atom is -0.377 e. The van der Waals surface area contributed by atoms with Crippen LogP contribution in [0.2, 0.25) is 0 Å². The molecule has 0 bridgehead atoms. The monoisotopic (exact) mass is 1030 g/mol. The molecule has 4 aromatic rings. The summed E-state index contributed by atoms with van der Waals surface area (Å²) in [6, 6.07) is 20.9. The number of nitrogens with one attached hydrogen (secondary N) is 2. The summed E-state index contributed by atoms with van der Waals surface area (Å²) in [7, 11) is 0. The van der Waals surface area contributed by atoms with Crippen LogP contribution in [0.1, 0.15) is 96.1 Å². The van der Waals surface area contributed by atoms with Crippen LogP contribution in [0, 0.1) is 11.9 Å². The van der Waals surface area contributed by atoms with E-state index in [0.717, 1.165) is 25.7 Å². The van der Waals surface area contributed by atoms with Crippen molar-refractivity contribution in [3.63, 3.8) is 0 Å². The van der Waals surface area contributed by atoms with Gasteiger partial charge in [0.15, 0.2) is 0 Å². The van der Waals surface area contributed by atoms with Crippen molar-refractivity contribution in [2.45, 2.75) is 86.9 Å². The highest BCUT2D eigenvalue weighted by Gasteiger charge is 2.42. The number of benzene rings is 2. The van der Waals surface area contributed by atoms with E-state index in [1.54, 1.807) is 72.8 Å². The highest BCUT2D eigenvalue weighted by Crippen LogP contribution is 2.42. The van der Waals surface area contributed by atoms with Gasteiger partial charge in [-0.05, 0) is 60.8 Å². The molecule has 2 saturated carbocycles. The van der Waals surface area contributed by atoms with Crippen LogP contribution in [0.4, 0.5) is 17.6 Å². The zero-order valence-corrected chi connectivity index (χ0v) is 41.2. The Hall–Kier alpha value is -5.90. The molecule has 2 aliphatic heterocycles. The lowest BCUT2D eigenvalue weighted by Crippen LogP contribution is -2.48. The van der Waals surface area contributed by atoms with Gasteiger partial charge in [-0.15, -0.1) is 0 Å². The van der Waals surface area contributed by atoms with E-state index in [4.69, 9.17) is 28.4 Å². The molecule has 0 unspecified atom stereocenters. The van der Waals surface area contributed by atoms with Gasteiger partial charge in [0.2, 0.25) is 35.5 Å². The minimum absolute atomic E-state index is 0.0800. The fourth-order valence-electron chi connectivity index (χ4n) is 9.16. The van der Waals surface area contributed by atoms with Crippen molar-refractivity contribution >= 4 is 23.6 Å². The van der Waals surface area contributed by atoms with Crippen LogP contribution in [0.25, 0.3) is 0 Å². The number of halogens is 4. The number of carbonyl (C=O) groups is 4. The Labute approximate surface area is 427 Å². The van der Waals surface area contributed by atoms with Crippen molar-refractivity contribution in [2.24, 2.45) is 0 Å². The summed E-state index contributed by atoms with van der Waals surface area (Å²) in [5.74, 6) is -3.06. The maximum absolute atomic E-state index is 15.0. The van der Waals surface area contributed by atoms with E-state index in [1.165, 1.54) is 9.80 Å². The average Bonchev–Trinajstić information content (AvgIpc) is 4.35. The molecule has 20 heteroatoms. The molecule has 2 aromatic heterocycles. The van der Waals surface area contributed by atoms with Crippen molar-refractivity contribution in [1.82, 2.24) is 30.4 Å². The van der Waals surface area contributed by atoms with Crippen molar-refractivity contribution in [3.8, 4) is 0 Å². The molecule has 8 rings (SSSR count). The summed E-state index contributed by atoms with van der Waals surface area (Å²) in [6.07, 6.45) is 0.477. The Morgan fingerprint density at radius 1 is 0.500 bits per heavy atom. The summed E-state index contributed by atoms with van der Waals surface area (Å²) in [5.41, 5.74) is 3.04. The molecule has 16 nitrogen and oxygen atoms in total. The predicted molar refractivity (Wildman–Crippen MR) is 260 cm³/mol. The number of hydrogen-bond donors (Lipinski definition) is 2. The second-order valence-electron chi connectivity index (χ2n) is 18.8. The summed E-state index contributed by atoms with van der Waals surface area (Å²) in [6.45, 7) is 0.933. The second kappa shape index (κ2) is 27.1. The quantitative estimate of drug-likeness (QED) is 0.0392. The van der Waals surface area contributed by atoms with E-state index in [9.17, 15) is 36.7 Å². The smallest absolute Gasteiger partial charge is 0.249 e. The largest absolute Gasteiger partial charge is 0.377 e. The SMILES string of the molecule is O=C(N[C@@H](c1ccccc1)c1ccc(C2CC2)c(F)n1)[C@@H]1C[C@@H](F)CN1C(=O)COCCOCCOCCOCCOCCOCC(=O)N1C[C@H](F)C[C@H]1C(=O)N[C@@H](c1ccccc1)c1ccc(C2CC2)c(F)n1. The van der Waals surface area contributed by atoms with Gasteiger partial charge in [0.05, 0.1) is 103 Å². The summed E-state index contributed by atoms with van der Waals surface area (Å²) >= 11 is 0. The maximum atomic E-state index is 15.0. The lowest BCUT2D eigenvalue weighted by molar-refractivity contribution is -0.142. The van der Waals surface area contributed by atoms with Gasteiger partial charge in [-0.2, -0.15) is 8.78 Å². The standard InChI is InChI=1S/C54H64F4N6O10/c55-39-29-45(53(67)61-49(37-7-3-1-4-8-37)43-17-15-41(35-11-12-35)51(57)59-43)63(31-39)47(65)33-73-27-25-71-23-21-69-19-20-70-22-24-72-26-28-74-34-48(66)64-32-40(56)30-46(64)54(68)62-50(38-9-5-2-6-10-38)44-18-16-42(36-13-14-36)52(58)60-44/h1-10,15-18,35-36,39-40,45-46,49-50H,11-14,19-34H2,(H,61,67)(H,62,68)/t39-,40-,45+,46+,49+,50+/m1/s1. The first-order chi connectivity index (χ1) is 36.0. The number of pyridine rings is 2. The third kappa shape index (κ3) is 15.3.